The Bertz CT molecular complexity index is 209. The number of hydrogen-bond acceptors (Lipinski definition) is 1. The molecule has 76 valence electrons. The van der Waals surface area contributed by atoms with E-state index in [1.165, 1.54) is 0 Å². The fraction of sp³-hybridized carbons (Fsp3) is 0.800. The van der Waals surface area contributed by atoms with Crippen molar-refractivity contribution in [3.63, 3.8) is 0 Å². The summed E-state index contributed by atoms with van der Waals surface area (Å²) >= 11 is 5.93. The predicted octanol–water partition coefficient (Wildman–Crippen LogP) is 2.49. The van der Waals surface area contributed by atoms with Crippen LogP contribution in [0.15, 0.2) is 0 Å². The van der Waals surface area contributed by atoms with Gasteiger partial charge in [-0.15, -0.1) is 17.1 Å². The van der Waals surface area contributed by atoms with Crippen molar-refractivity contribution in [3.05, 3.63) is 0 Å². The molecule has 0 spiro atoms. The van der Waals surface area contributed by atoms with Gasteiger partial charge in [0.1, 0.15) is 13.5 Å². The molecule has 0 saturated carbocycles. The first-order chi connectivity index (χ1) is 5.74. The van der Waals surface area contributed by atoms with Crippen molar-refractivity contribution in [1.29, 1.82) is 0 Å². The molecule has 0 amide bonds. The average Bonchev–Trinajstić information content (AvgIpc) is 1.97. The maximum Gasteiger partial charge on any atom is 0.129 e. The van der Waals surface area contributed by atoms with Gasteiger partial charge in [-0.25, -0.2) is 0 Å². The van der Waals surface area contributed by atoms with Crippen LogP contribution in [-0.2, 0) is 0 Å². The summed E-state index contributed by atoms with van der Waals surface area (Å²) in [5.41, 5.74) is 3.15. The summed E-state index contributed by atoms with van der Waals surface area (Å²) < 4.78 is 0. The van der Waals surface area contributed by atoms with Gasteiger partial charge in [-0.2, -0.15) is 0 Å². The molecule has 0 aliphatic carbocycles. The minimum absolute atomic E-state index is 0.165. The highest BCUT2D eigenvalue weighted by Gasteiger charge is 2.18. The Balaban J connectivity index is 4.27. The molecule has 13 heavy (non-hydrogen) atoms. The first-order valence-corrected chi connectivity index (χ1v) is 8.52. The molecule has 0 heterocycles. The van der Waals surface area contributed by atoms with Crippen molar-refractivity contribution in [3.8, 4) is 11.5 Å². The van der Waals surface area contributed by atoms with Crippen LogP contribution in [0.2, 0.25) is 19.6 Å². The summed E-state index contributed by atoms with van der Waals surface area (Å²) in [7, 11) is -1.36. The van der Waals surface area contributed by atoms with Crippen LogP contribution in [0.1, 0.15) is 13.8 Å². The summed E-state index contributed by atoms with van der Waals surface area (Å²) in [5.74, 6) is 3.10. The first kappa shape index (κ1) is 13.0. The molecule has 0 aliphatic heterocycles. The largest absolute Gasteiger partial charge is 0.390 e. The second-order valence-electron chi connectivity index (χ2n) is 4.66. The molecule has 0 aromatic rings. The molecule has 3 heteroatoms. The second-order valence-corrected chi connectivity index (χ2v) is 9.88. The molecule has 0 rings (SSSR count). The van der Waals surface area contributed by atoms with Gasteiger partial charge in [0, 0.05) is 0 Å². The maximum absolute atomic E-state index is 9.57. The number of hydrogen-bond donors (Lipinski definition) is 1. The number of alkyl halides is 1. The van der Waals surface area contributed by atoms with Gasteiger partial charge in [-0.1, -0.05) is 39.4 Å². The normalized spacial score (nSPS) is 16.3. The molecule has 0 fully saturated rings. The first-order valence-electron chi connectivity index (χ1n) is 4.59. The molecular formula is C10H19ClOSi. The van der Waals surface area contributed by atoms with E-state index in [-0.39, 0.29) is 5.92 Å². The third-order valence-corrected chi connectivity index (χ3v) is 2.83. The van der Waals surface area contributed by atoms with Crippen LogP contribution in [-0.4, -0.2) is 24.7 Å². The van der Waals surface area contributed by atoms with Gasteiger partial charge >= 0.3 is 0 Å². The highest BCUT2D eigenvalue weighted by Crippen LogP contribution is 2.11. The van der Waals surface area contributed by atoms with Gasteiger partial charge < -0.3 is 5.11 Å². The smallest absolute Gasteiger partial charge is 0.129 e. The molecule has 2 atom stereocenters. The zero-order valence-corrected chi connectivity index (χ0v) is 10.8. The molecule has 0 radical (unpaired) electrons. The molecular weight excluding hydrogens is 200 g/mol. The lowest BCUT2D eigenvalue weighted by molar-refractivity contribution is 0.133. The zero-order chi connectivity index (χ0) is 10.6. The third kappa shape index (κ3) is 6.15. The summed E-state index contributed by atoms with van der Waals surface area (Å²) in [4.78, 5) is 0. The fourth-order valence-corrected chi connectivity index (χ4v) is 1.73. The molecule has 0 aliphatic rings. The SMILES string of the molecule is CC(C)[C@H](O)[C@@H](Cl)C#C[Si](C)(C)C. The number of aliphatic hydroxyl groups is 1. The summed E-state index contributed by atoms with van der Waals surface area (Å²) in [6.45, 7) is 10.4. The van der Waals surface area contributed by atoms with Crippen molar-refractivity contribution >= 4 is 19.7 Å². The monoisotopic (exact) mass is 218 g/mol. The van der Waals surface area contributed by atoms with Crippen LogP contribution in [0.25, 0.3) is 0 Å². The average molecular weight is 219 g/mol. The van der Waals surface area contributed by atoms with E-state index in [0.29, 0.717) is 0 Å². The Kier molecular flexibility index (Phi) is 5.05. The van der Waals surface area contributed by atoms with Gasteiger partial charge in [0.25, 0.3) is 0 Å². The lowest BCUT2D eigenvalue weighted by Crippen LogP contribution is -2.26. The van der Waals surface area contributed by atoms with Crippen molar-refractivity contribution in [2.24, 2.45) is 5.92 Å². The lowest BCUT2D eigenvalue weighted by atomic mass is 10.0. The molecule has 0 unspecified atom stereocenters. The van der Waals surface area contributed by atoms with Crippen molar-refractivity contribution in [2.45, 2.75) is 45.0 Å². The summed E-state index contributed by atoms with van der Waals surface area (Å²) in [6.07, 6.45) is -0.523. The van der Waals surface area contributed by atoms with Crippen molar-refractivity contribution in [1.82, 2.24) is 0 Å². The molecule has 0 saturated heterocycles. The van der Waals surface area contributed by atoms with Crippen molar-refractivity contribution in [2.75, 3.05) is 0 Å². The van der Waals surface area contributed by atoms with Gasteiger partial charge in [0.05, 0.1) is 6.10 Å². The number of rotatable bonds is 2. The summed E-state index contributed by atoms with van der Waals surface area (Å²) in [6, 6.07) is 0. The Hall–Kier alpha value is 0.0269. The van der Waals surface area contributed by atoms with Gasteiger partial charge in [-0.3, -0.25) is 0 Å². The van der Waals surface area contributed by atoms with E-state index < -0.39 is 19.6 Å². The number of aliphatic hydroxyl groups excluding tert-OH is 1. The third-order valence-electron chi connectivity index (χ3n) is 1.57. The second kappa shape index (κ2) is 5.04. The molecule has 0 aromatic heterocycles. The lowest BCUT2D eigenvalue weighted by Gasteiger charge is -2.16. The van der Waals surface area contributed by atoms with E-state index in [0.717, 1.165) is 0 Å². The van der Waals surface area contributed by atoms with E-state index in [1.807, 2.05) is 13.8 Å². The Morgan fingerprint density at radius 1 is 1.23 bits per heavy atom. The molecule has 1 N–H and O–H groups in total. The van der Waals surface area contributed by atoms with E-state index in [1.54, 1.807) is 0 Å². The standard InChI is InChI=1S/C10H19ClOSi/c1-8(2)10(12)9(11)6-7-13(3,4)5/h8-10,12H,1-5H3/t9-,10-/m0/s1. The highest BCUT2D eigenvalue weighted by molar-refractivity contribution is 6.83. The maximum atomic E-state index is 9.57. The van der Waals surface area contributed by atoms with Crippen LogP contribution in [0, 0.1) is 17.4 Å². The molecule has 0 bridgehead atoms. The Morgan fingerprint density at radius 2 is 1.69 bits per heavy atom. The van der Waals surface area contributed by atoms with E-state index in [9.17, 15) is 5.11 Å². The van der Waals surface area contributed by atoms with Gasteiger partial charge in [-0.05, 0) is 5.92 Å². The fourth-order valence-electron chi connectivity index (χ4n) is 0.709. The van der Waals surface area contributed by atoms with Crippen LogP contribution >= 0.6 is 11.6 Å². The minimum Gasteiger partial charge on any atom is -0.390 e. The Labute approximate surface area is 87.5 Å². The van der Waals surface area contributed by atoms with Gasteiger partial charge in [0.2, 0.25) is 0 Å². The highest BCUT2D eigenvalue weighted by atomic mass is 35.5. The molecule has 0 aromatic carbocycles. The Morgan fingerprint density at radius 3 is 2.00 bits per heavy atom. The van der Waals surface area contributed by atoms with E-state index in [2.05, 4.69) is 31.1 Å². The van der Waals surface area contributed by atoms with Gasteiger partial charge in [0.15, 0.2) is 0 Å². The molecule has 1 nitrogen and oxygen atoms in total. The predicted molar refractivity (Wildman–Crippen MR) is 61.6 cm³/mol. The van der Waals surface area contributed by atoms with Crippen LogP contribution in [0.3, 0.4) is 0 Å². The number of halogens is 1. The van der Waals surface area contributed by atoms with Crippen molar-refractivity contribution < 1.29 is 5.11 Å². The van der Waals surface area contributed by atoms with E-state index in [4.69, 9.17) is 11.6 Å². The summed E-state index contributed by atoms with van der Waals surface area (Å²) in [5, 5.41) is 9.15. The topological polar surface area (TPSA) is 20.2 Å². The quantitative estimate of drug-likeness (QED) is 0.429. The van der Waals surface area contributed by atoms with Crippen LogP contribution in [0.4, 0.5) is 0 Å². The zero-order valence-electron chi connectivity index (χ0n) is 9.06. The van der Waals surface area contributed by atoms with Crippen LogP contribution < -0.4 is 0 Å². The van der Waals surface area contributed by atoms with Crippen LogP contribution in [0.5, 0.6) is 0 Å². The minimum atomic E-state index is -1.36. The van der Waals surface area contributed by atoms with E-state index >= 15 is 0 Å².